The summed E-state index contributed by atoms with van der Waals surface area (Å²) in [5.41, 5.74) is 0. The van der Waals surface area contributed by atoms with E-state index in [2.05, 4.69) is 36.7 Å². The minimum absolute atomic E-state index is 0.0809. The van der Waals surface area contributed by atoms with Crippen LogP contribution in [0.25, 0.3) is 0 Å². The average molecular weight is 451 g/mol. The van der Waals surface area contributed by atoms with Crippen LogP contribution in [0, 0.1) is 11.8 Å². The van der Waals surface area contributed by atoms with Crippen LogP contribution in [-0.2, 0) is 14.8 Å². The molecular weight excluding hydrogens is 424 g/mol. The minimum Gasteiger partial charge on any atom is -0.340 e. The van der Waals surface area contributed by atoms with Crippen molar-refractivity contribution >= 4 is 43.2 Å². The summed E-state index contributed by atoms with van der Waals surface area (Å²) in [7, 11) is -3.45. The van der Waals surface area contributed by atoms with Gasteiger partial charge in [-0.1, -0.05) is 13.8 Å². The van der Waals surface area contributed by atoms with Crippen LogP contribution in [0.4, 0.5) is 0 Å². The first-order valence-electron chi connectivity index (χ1n) is 8.74. The highest BCUT2D eigenvalue weighted by Crippen LogP contribution is 2.31. The van der Waals surface area contributed by atoms with Crippen molar-refractivity contribution in [3.8, 4) is 0 Å². The summed E-state index contributed by atoms with van der Waals surface area (Å²) >= 11 is 4.53. The molecule has 8 heteroatoms. The zero-order chi connectivity index (χ0) is 18.8. The molecule has 0 aliphatic carbocycles. The van der Waals surface area contributed by atoms with E-state index in [0.29, 0.717) is 42.6 Å². The van der Waals surface area contributed by atoms with Crippen molar-refractivity contribution < 1.29 is 13.2 Å². The number of amides is 1. The summed E-state index contributed by atoms with van der Waals surface area (Å²) in [6, 6.07) is 3.58. The lowest BCUT2D eigenvalue weighted by Crippen LogP contribution is -2.48. The number of sulfonamides is 1. The highest BCUT2D eigenvalue weighted by atomic mass is 79.9. The van der Waals surface area contributed by atoms with Gasteiger partial charge < -0.3 is 4.90 Å². The zero-order valence-electron chi connectivity index (χ0n) is 15.2. The lowest BCUT2D eigenvalue weighted by Gasteiger charge is -2.37. The van der Waals surface area contributed by atoms with Crippen molar-refractivity contribution in [1.29, 1.82) is 0 Å². The van der Waals surface area contributed by atoms with Gasteiger partial charge in [-0.3, -0.25) is 4.79 Å². The summed E-state index contributed by atoms with van der Waals surface area (Å²) in [6.45, 7) is 9.83. The summed E-state index contributed by atoms with van der Waals surface area (Å²) in [5, 5.41) is 0. The summed E-state index contributed by atoms with van der Waals surface area (Å²) < 4.78 is 28.0. The van der Waals surface area contributed by atoms with Gasteiger partial charge in [-0.05, 0) is 60.7 Å². The SMILES string of the molecule is CCN(C(=O)C1CCN(S(=O)(=O)c2ccc(Br)s2)CC1)[C@@H](C)C(C)C. The summed E-state index contributed by atoms with van der Waals surface area (Å²) in [6.07, 6.45) is 1.18. The molecule has 0 unspecified atom stereocenters. The Hall–Kier alpha value is -0.440. The molecule has 2 heterocycles. The molecule has 1 aliphatic rings. The molecule has 142 valence electrons. The van der Waals surface area contributed by atoms with E-state index < -0.39 is 10.0 Å². The van der Waals surface area contributed by atoms with Crippen molar-refractivity contribution in [2.24, 2.45) is 11.8 Å². The number of halogens is 1. The molecule has 1 fully saturated rings. The molecule has 5 nitrogen and oxygen atoms in total. The largest absolute Gasteiger partial charge is 0.340 e. The van der Waals surface area contributed by atoms with Gasteiger partial charge in [0.15, 0.2) is 0 Å². The van der Waals surface area contributed by atoms with Crippen LogP contribution in [0.2, 0.25) is 0 Å². The average Bonchev–Trinajstić information content (AvgIpc) is 3.02. The van der Waals surface area contributed by atoms with E-state index in [1.54, 1.807) is 12.1 Å². The van der Waals surface area contributed by atoms with Gasteiger partial charge in [-0.2, -0.15) is 4.31 Å². The van der Waals surface area contributed by atoms with Gasteiger partial charge in [0, 0.05) is 31.6 Å². The van der Waals surface area contributed by atoms with Crippen LogP contribution >= 0.6 is 27.3 Å². The van der Waals surface area contributed by atoms with E-state index in [4.69, 9.17) is 0 Å². The van der Waals surface area contributed by atoms with Crippen LogP contribution in [0.1, 0.15) is 40.5 Å². The third-order valence-corrected chi connectivity index (χ3v) is 9.02. The van der Waals surface area contributed by atoms with E-state index >= 15 is 0 Å². The second kappa shape index (κ2) is 8.50. The van der Waals surface area contributed by atoms with Gasteiger partial charge in [0.25, 0.3) is 10.0 Å². The van der Waals surface area contributed by atoms with E-state index in [9.17, 15) is 13.2 Å². The van der Waals surface area contributed by atoms with Crippen LogP contribution < -0.4 is 0 Å². The molecule has 0 bridgehead atoms. The monoisotopic (exact) mass is 450 g/mol. The molecule has 0 spiro atoms. The van der Waals surface area contributed by atoms with E-state index in [1.807, 2.05) is 11.8 Å². The normalized spacial score (nSPS) is 18.5. The fourth-order valence-corrected chi connectivity index (χ4v) is 6.78. The number of hydrogen-bond donors (Lipinski definition) is 0. The highest BCUT2D eigenvalue weighted by Gasteiger charge is 2.35. The third kappa shape index (κ3) is 4.64. The molecule has 0 aromatic carbocycles. The molecule has 0 radical (unpaired) electrons. The second-order valence-electron chi connectivity index (χ2n) is 6.85. The van der Waals surface area contributed by atoms with Gasteiger partial charge >= 0.3 is 0 Å². The first-order valence-corrected chi connectivity index (χ1v) is 11.8. The summed E-state index contributed by atoms with van der Waals surface area (Å²) in [5.74, 6) is 0.490. The van der Waals surface area contributed by atoms with Crippen LogP contribution in [0.5, 0.6) is 0 Å². The number of nitrogens with zero attached hydrogens (tertiary/aromatic N) is 2. The number of hydrogen-bond acceptors (Lipinski definition) is 4. The number of carbonyl (C=O) groups is 1. The Morgan fingerprint density at radius 3 is 2.36 bits per heavy atom. The van der Waals surface area contributed by atoms with E-state index in [-0.39, 0.29) is 17.9 Å². The second-order valence-corrected chi connectivity index (χ2v) is 11.5. The Bertz CT molecular complexity index is 695. The quantitative estimate of drug-likeness (QED) is 0.661. The van der Waals surface area contributed by atoms with E-state index in [0.717, 1.165) is 3.79 Å². The molecule has 1 amide bonds. The zero-order valence-corrected chi connectivity index (χ0v) is 18.5. The molecule has 25 heavy (non-hydrogen) atoms. The third-order valence-electron chi connectivity index (χ3n) is 5.03. The fourth-order valence-electron chi connectivity index (χ4n) is 3.15. The number of thiophene rings is 1. The predicted molar refractivity (Wildman–Crippen MR) is 105 cm³/mol. The predicted octanol–water partition coefficient (Wildman–Crippen LogP) is 3.80. The lowest BCUT2D eigenvalue weighted by atomic mass is 9.94. The molecule has 1 aromatic heterocycles. The maximum absolute atomic E-state index is 12.9. The van der Waals surface area contributed by atoms with Crippen molar-refractivity contribution in [1.82, 2.24) is 9.21 Å². The summed E-state index contributed by atoms with van der Waals surface area (Å²) in [4.78, 5) is 14.8. The van der Waals surface area contributed by atoms with Crippen molar-refractivity contribution in [2.45, 2.75) is 50.8 Å². The van der Waals surface area contributed by atoms with E-state index in [1.165, 1.54) is 15.6 Å². The lowest BCUT2D eigenvalue weighted by molar-refractivity contribution is -0.139. The molecule has 0 saturated carbocycles. The van der Waals surface area contributed by atoms with Gasteiger partial charge in [0.05, 0.1) is 3.79 Å². The molecule has 1 saturated heterocycles. The minimum atomic E-state index is -3.45. The molecule has 2 rings (SSSR count). The Balaban J connectivity index is 2.02. The number of rotatable bonds is 6. The molecular formula is C17H27BrN2O3S2. The van der Waals surface area contributed by atoms with Gasteiger partial charge in [-0.25, -0.2) is 8.42 Å². The van der Waals surface area contributed by atoms with Crippen LogP contribution in [0.15, 0.2) is 20.1 Å². The van der Waals surface area contributed by atoms with Crippen LogP contribution in [-0.4, -0.2) is 49.2 Å². The maximum atomic E-state index is 12.9. The first kappa shape index (κ1) is 20.9. The van der Waals surface area contributed by atoms with Crippen LogP contribution in [0.3, 0.4) is 0 Å². The standard InChI is InChI=1S/C17H27BrN2O3S2/c1-5-20(13(4)12(2)3)17(21)14-8-10-19(11-9-14)25(22,23)16-7-6-15(18)24-16/h6-7,12-14H,5,8-11H2,1-4H3/t13-/m0/s1. The highest BCUT2D eigenvalue weighted by molar-refractivity contribution is 9.11. The first-order chi connectivity index (χ1) is 11.7. The number of carbonyl (C=O) groups excluding carboxylic acids is 1. The van der Waals surface area contributed by atoms with Gasteiger partial charge in [0.1, 0.15) is 4.21 Å². The fraction of sp³-hybridized carbons (Fsp3) is 0.706. The van der Waals surface area contributed by atoms with Crippen molar-refractivity contribution in [2.75, 3.05) is 19.6 Å². The van der Waals surface area contributed by atoms with Crippen molar-refractivity contribution in [3.63, 3.8) is 0 Å². The molecule has 1 atom stereocenters. The topological polar surface area (TPSA) is 57.7 Å². The van der Waals surface area contributed by atoms with Gasteiger partial charge in [-0.15, -0.1) is 11.3 Å². The molecule has 1 aromatic rings. The smallest absolute Gasteiger partial charge is 0.252 e. The Kier molecular flexibility index (Phi) is 7.09. The molecule has 1 aliphatic heterocycles. The Morgan fingerprint density at radius 2 is 1.92 bits per heavy atom. The molecule has 0 N–H and O–H groups in total. The Morgan fingerprint density at radius 1 is 1.32 bits per heavy atom. The van der Waals surface area contributed by atoms with Crippen molar-refractivity contribution in [3.05, 3.63) is 15.9 Å². The number of piperidine rings is 1. The van der Waals surface area contributed by atoms with Gasteiger partial charge in [0.2, 0.25) is 5.91 Å². The Labute approximate surface area is 163 Å². The maximum Gasteiger partial charge on any atom is 0.252 e.